The van der Waals surface area contributed by atoms with Crippen molar-refractivity contribution in [1.82, 2.24) is 24.8 Å². The van der Waals surface area contributed by atoms with Crippen molar-refractivity contribution in [1.29, 1.82) is 5.26 Å². The van der Waals surface area contributed by atoms with Crippen LogP contribution in [0, 0.1) is 17.3 Å². The second kappa shape index (κ2) is 12.1. The molecule has 0 N–H and O–H groups in total. The van der Waals surface area contributed by atoms with E-state index in [1.54, 1.807) is 17.0 Å². The fourth-order valence-electron chi connectivity index (χ4n) is 6.09. The number of hydrogen-bond donors (Lipinski definition) is 0. The van der Waals surface area contributed by atoms with Gasteiger partial charge in [-0.25, -0.2) is 4.98 Å². The lowest BCUT2D eigenvalue weighted by atomic mass is 9.98. The summed E-state index contributed by atoms with van der Waals surface area (Å²) in [6, 6.07) is 15.0. The number of hydrogen-bond acceptors (Lipinski definition) is 8. The number of amides is 1. The van der Waals surface area contributed by atoms with Crippen LogP contribution in [0.25, 0.3) is 32.9 Å². The van der Waals surface area contributed by atoms with Gasteiger partial charge in [-0.1, -0.05) is 48.5 Å². The average Bonchev–Trinajstić information content (AvgIpc) is 3.43. The number of carbonyl (C=O) groups excluding carboxylic acids is 1. The van der Waals surface area contributed by atoms with Crippen molar-refractivity contribution in [3.05, 3.63) is 66.1 Å². The van der Waals surface area contributed by atoms with E-state index in [9.17, 15) is 10.1 Å². The highest BCUT2D eigenvalue weighted by Gasteiger charge is 2.32. The molecule has 1 amide bonds. The summed E-state index contributed by atoms with van der Waals surface area (Å²) in [6.07, 6.45) is 3.50. The largest absolute Gasteiger partial charge is 0.462 e. The number of halogens is 2. The number of aromatic nitrogens is 3. The first kappa shape index (κ1) is 28.8. The van der Waals surface area contributed by atoms with E-state index in [0.29, 0.717) is 48.2 Å². The Morgan fingerprint density at radius 3 is 2.72 bits per heavy atom. The molecule has 2 aliphatic rings. The molecule has 2 aliphatic heterocycles. The number of benzene rings is 2. The molecule has 0 radical (unpaired) electrons. The van der Waals surface area contributed by atoms with E-state index in [1.807, 2.05) is 35.2 Å². The summed E-state index contributed by atoms with van der Waals surface area (Å²) in [5.74, 6) is -0.519. The highest BCUT2D eigenvalue weighted by atomic mass is 35.5. The van der Waals surface area contributed by atoms with Gasteiger partial charge in [0.05, 0.1) is 24.0 Å². The smallest absolute Gasteiger partial charge is 0.319 e. The standard InChI is InChI=1S/C32H31ClFN7O2/c1-3-27(42)41-16-15-40(18-21(41)12-13-35)31-29-26(36-32(38-31)43-19-22-9-6-14-39(22)2)17-24(30(34)37-29)23-10-4-7-20-8-5-11-25(33)28(20)23/h3-5,7-8,10-11,17,21-22H,1,6,9,12,14-16,18-19H2,2H3. The molecule has 4 aromatic rings. The van der Waals surface area contributed by atoms with Crippen LogP contribution >= 0.6 is 11.6 Å². The molecule has 2 unspecified atom stereocenters. The van der Waals surface area contributed by atoms with E-state index in [1.165, 1.54) is 6.08 Å². The number of nitrogens with zero attached hydrogens (tertiary/aromatic N) is 7. The number of nitriles is 1. The van der Waals surface area contributed by atoms with Crippen molar-refractivity contribution >= 4 is 45.1 Å². The summed E-state index contributed by atoms with van der Waals surface area (Å²) in [5.41, 5.74) is 1.57. The van der Waals surface area contributed by atoms with Crippen molar-refractivity contribution < 1.29 is 13.9 Å². The molecule has 11 heteroatoms. The van der Waals surface area contributed by atoms with E-state index < -0.39 is 12.0 Å². The highest BCUT2D eigenvalue weighted by molar-refractivity contribution is 6.36. The predicted octanol–water partition coefficient (Wildman–Crippen LogP) is 5.23. The minimum atomic E-state index is -0.680. The molecule has 220 valence electrons. The molecule has 0 aliphatic carbocycles. The Bertz CT molecular complexity index is 1750. The van der Waals surface area contributed by atoms with Gasteiger partial charge in [0.25, 0.3) is 0 Å². The molecule has 6 rings (SSSR count). The Labute approximate surface area is 254 Å². The summed E-state index contributed by atoms with van der Waals surface area (Å²) < 4.78 is 22.1. The fourth-order valence-corrected chi connectivity index (χ4v) is 6.37. The first-order valence-electron chi connectivity index (χ1n) is 14.3. The van der Waals surface area contributed by atoms with Gasteiger partial charge in [-0.15, -0.1) is 0 Å². The zero-order valence-electron chi connectivity index (χ0n) is 23.8. The Hall–Kier alpha value is -4.33. The van der Waals surface area contributed by atoms with Crippen LogP contribution in [0.3, 0.4) is 0 Å². The van der Waals surface area contributed by atoms with Crippen molar-refractivity contribution in [2.24, 2.45) is 0 Å². The van der Waals surface area contributed by atoms with Gasteiger partial charge in [-0.05, 0) is 55.6 Å². The van der Waals surface area contributed by atoms with Crippen LogP contribution in [0.5, 0.6) is 6.01 Å². The average molecular weight is 600 g/mol. The van der Waals surface area contributed by atoms with Crippen LogP contribution in [-0.4, -0.2) is 82.6 Å². The van der Waals surface area contributed by atoms with Crippen molar-refractivity contribution in [2.75, 3.05) is 44.7 Å². The van der Waals surface area contributed by atoms with E-state index in [0.717, 1.165) is 30.2 Å². The Balaban J connectivity index is 1.45. The number of fused-ring (bicyclic) bond motifs is 2. The Morgan fingerprint density at radius 1 is 1.16 bits per heavy atom. The molecule has 4 heterocycles. The van der Waals surface area contributed by atoms with Crippen molar-refractivity contribution in [3.8, 4) is 23.2 Å². The van der Waals surface area contributed by atoms with Crippen molar-refractivity contribution in [2.45, 2.75) is 31.3 Å². The third kappa shape index (κ3) is 5.58. The predicted molar refractivity (Wildman–Crippen MR) is 165 cm³/mol. The minimum absolute atomic E-state index is 0.129. The molecule has 43 heavy (non-hydrogen) atoms. The van der Waals surface area contributed by atoms with Gasteiger partial charge >= 0.3 is 6.01 Å². The maximum Gasteiger partial charge on any atom is 0.319 e. The lowest BCUT2D eigenvalue weighted by molar-refractivity contribution is -0.128. The van der Waals surface area contributed by atoms with E-state index in [-0.39, 0.29) is 35.5 Å². The second-order valence-electron chi connectivity index (χ2n) is 11.0. The Morgan fingerprint density at radius 2 is 1.98 bits per heavy atom. The van der Waals surface area contributed by atoms with Crippen LogP contribution in [-0.2, 0) is 4.79 Å². The number of anilines is 1. The van der Waals surface area contributed by atoms with Gasteiger partial charge in [0, 0.05) is 41.6 Å². The number of piperazine rings is 1. The third-order valence-corrected chi connectivity index (χ3v) is 8.69. The van der Waals surface area contributed by atoms with Gasteiger partial charge in [-0.2, -0.15) is 19.6 Å². The summed E-state index contributed by atoms with van der Waals surface area (Å²) in [7, 11) is 2.07. The number of carbonyl (C=O) groups is 1. The number of likely N-dealkylation sites (N-methyl/N-ethyl adjacent to an activating group) is 1. The van der Waals surface area contributed by atoms with E-state index in [4.69, 9.17) is 21.3 Å². The number of rotatable bonds is 7. The number of likely N-dealkylation sites (tertiary alicyclic amines) is 1. The molecule has 2 aromatic carbocycles. The molecule has 9 nitrogen and oxygen atoms in total. The van der Waals surface area contributed by atoms with Gasteiger partial charge in [0.15, 0.2) is 5.82 Å². The van der Waals surface area contributed by atoms with Crippen LogP contribution in [0.1, 0.15) is 19.3 Å². The zero-order valence-corrected chi connectivity index (χ0v) is 24.6. The zero-order chi connectivity index (χ0) is 30.1. The second-order valence-corrected chi connectivity index (χ2v) is 11.4. The molecule has 2 fully saturated rings. The quantitative estimate of drug-likeness (QED) is 0.210. The maximum atomic E-state index is 15.9. The fraction of sp³-hybridized carbons (Fsp3) is 0.344. The molecular formula is C32H31ClFN7O2. The van der Waals surface area contributed by atoms with Gasteiger partial charge < -0.3 is 19.4 Å². The van der Waals surface area contributed by atoms with Gasteiger partial charge in [0.2, 0.25) is 11.9 Å². The first-order valence-corrected chi connectivity index (χ1v) is 14.7. The normalized spacial score (nSPS) is 19.1. The van der Waals surface area contributed by atoms with Crippen LogP contribution in [0.15, 0.2) is 55.1 Å². The molecule has 2 saturated heterocycles. The van der Waals surface area contributed by atoms with Crippen LogP contribution < -0.4 is 9.64 Å². The summed E-state index contributed by atoms with van der Waals surface area (Å²) >= 11 is 6.58. The van der Waals surface area contributed by atoms with Gasteiger partial charge in [-0.3, -0.25) is 4.79 Å². The SMILES string of the molecule is C=CC(=O)N1CCN(c2nc(OCC3CCCN3C)nc3cc(-c4cccc5cccc(Cl)c45)c(F)nc23)CC1CC#N. The first-order chi connectivity index (χ1) is 20.9. The molecule has 0 spiro atoms. The minimum Gasteiger partial charge on any atom is -0.462 e. The maximum absolute atomic E-state index is 15.9. The van der Waals surface area contributed by atoms with Gasteiger partial charge in [0.1, 0.15) is 12.1 Å². The summed E-state index contributed by atoms with van der Waals surface area (Å²) in [6.45, 7) is 6.09. The van der Waals surface area contributed by atoms with E-state index >= 15 is 4.39 Å². The lowest BCUT2D eigenvalue weighted by Crippen LogP contribution is -2.55. The Kier molecular flexibility index (Phi) is 8.10. The third-order valence-electron chi connectivity index (χ3n) is 8.37. The number of ether oxygens (including phenoxy) is 1. The molecule has 2 aromatic heterocycles. The molecule has 0 bridgehead atoms. The highest BCUT2D eigenvalue weighted by Crippen LogP contribution is 2.37. The summed E-state index contributed by atoms with van der Waals surface area (Å²) in [4.78, 5) is 32.1. The molecular weight excluding hydrogens is 569 g/mol. The van der Waals surface area contributed by atoms with Crippen LogP contribution in [0.4, 0.5) is 10.2 Å². The van der Waals surface area contributed by atoms with Crippen LogP contribution in [0.2, 0.25) is 5.02 Å². The number of pyridine rings is 1. The van der Waals surface area contributed by atoms with Crippen molar-refractivity contribution in [3.63, 3.8) is 0 Å². The monoisotopic (exact) mass is 599 g/mol. The molecule has 2 atom stereocenters. The summed E-state index contributed by atoms with van der Waals surface area (Å²) in [5, 5.41) is 11.6. The van der Waals surface area contributed by atoms with E-state index in [2.05, 4.69) is 34.6 Å². The molecule has 0 saturated carbocycles. The lowest BCUT2D eigenvalue weighted by Gasteiger charge is -2.40. The topological polar surface area (TPSA) is 98.5 Å².